The fraction of sp³-hybridized carbons (Fsp3) is 0.923. The lowest BCUT2D eigenvalue weighted by atomic mass is 9.79. The van der Waals surface area contributed by atoms with Crippen molar-refractivity contribution in [3.63, 3.8) is 0 Å². The molecule has 1 aliphatic heterocycles. The predicted octanol–water partition coefficient (Wildman–Crippen LogP) is 1.02. The number of carbonyl (C=O) groups excluding carboxylic acids is 1. The van der Waals surface area contributed by atoms with E-state index in [-0.39, 0.29) is 12.1 Å². The second-order valence-electron chi connectivity index (χ2n) is 5.79. The van der Waals surface area contributed by atoms with Gasteiger partial charge in [0.15, 0.2) is 0 Å². The Labute approximate surface area is 108 Å². The highest BCUT2D eigenvalue weighted by Crippen LogP contribution is 2.31. The largest absolute Gasteiger partial charge is 0.388 e. The van der Waals surface area contributed by atoms with Crippen molar-refractivity contribution in [2.75, 3.05) is 19.8 Å². The van der Waals surface area contributed by atoms with Gasteiger partial charge in [0.1, 0.15) is 0 Å². The Hall–Kier alpha value is -0.810. The van der Waals surface area contributed by atoms with Crippen LogP contribution in [0.25, 0.3) is 0 Å². The summed E-state index contributed by atoms with van der Waals surface area (Å²) >= 11 is 0. The van der Waals surface area contributed by atoms with Gasteiger partial charge in [-0.2, -0.15) is 0 Å². The number of ether oxygens (including phenoxy) is 1. The Bertz CT molecular complexity index is 282. The maximum atomic E-state index is 11.7. The molecule has 104 valence electrons. The van der Waals surface area contributed by atoms with Crippen LogP contribution in [0, 0.1) is 5.92 Å². The average molecular weight is 256 g/mol. The van der Waals surface area contributed by atoms with E-state index in [1.54, 1.807) is 0 Å². The van der Waals surface area contributed by atoms with E-state index in [4.69, 9.17) is 4.74 Å². The highest BCUT2D eigenvalue weighted by molar-refractivity contribution is 5.74. The van der Waals surface area contributed by atoms with Gasteiger partial charge in [-0.05, 0) is 38.0 Å². The van der Waals surface area contributed by atoms with Crippen LogP contribution in [0.1, 0.15) is 39.0 Å². The fourth-order valence-electron chi connectivity index (χ4n) is 2.61. The number of urea groups is 1. The number of amides is 2. The molecule has 0 aromatic carbocycles. The first-order chi connectivity index (χ1) is 8.57. The average Bonchev–Trinajstić information content (AvgIpc) is 2.84. The van der Waals surface area contributed by atoms with Crippen LogP contribution in [0.15, 0.2) is 0 Å². The van der Waals surface area contributed by atoms with Crippen LogP contribution < -0.4 is 10.6 Å². The van der Waals surface area contributed by atoms with Gasteiger partial charge in [-0.25, -0.2) is 4.79 Å². The molecule has 1 heterocycles. The molecule has 2 rings (SSSR count). The topological polar surface area (TPSA) is 70.6 Å². The quantitative estimate of drug-likeness (QED) is 0.706. The van der Waals surface area contributed by atoms with Gasteiger partial charge in [-0.1, -0.05) is 6.92 Å². The molecular weight excluding hydrogens is 232 g/mol. The lowest BCUT2D eigenvalue weighted by Gasteiger charge is -2.35. The highest BCUT2D eigenvalue weighted by atomic mass is 16.5. The zero-order chi connectivity index (χ0) is 13.0. The third-order valence-electron chi connectivity index (χ3n) is 4.05. The van der Waals surface area contributed by atoms with Crippen molar-refractivity contribution >= 4 is 6.03 Å². The van der Waals surface area contributed by atoms with E-state index in [0.717, 1.165) is 32.1 Å². The van der Waals surface area contributed by atoms with E-state index in [9.17, 15) is 9.90 Å². The molecule has 0 bridgehead atoms. The summed E-state index contributed by atoms with van der Waals surface area (Å²) < 4.78 is 5.19. The van der Waals surface area contributed by atoms with Crippen molar-refractivity contribution in [1.82, 2.24) is 10.6 Å². The maximum Gasteiger partial charge on any atom is 0.315 e. The van der Waals surface area contributed by atoms with Crippen LogP contribution in [0.4, 0.5) is 4.79 Å². The van der Waals surface area contributed by atoms with Crippen LogP contribution in [-0.2, 0) is 4.74 Å². The summed E-state index contributed by atoms with van der Waals surface area (Å²) in [7, 11) is 0. The van der Waals surface area contributed by atoms with Crippen molar-refractivity contribution in [2.45, 2.75) is 50.7 Å². The zero-order valence-electron chi connectivity index (χ0n) is 11.1. The summed E-state index contributed by atoms with van der Waals surface area (Å²) in [6, 6.07) is -0.0800. The Morgan fingerprint density at radius 1 is 1.39 bits per heavy atom. The van der Waals surface area contributed by atoms with Crippen LogP contribution >= 0.6 is 0 Å². The SMILES string of the molecule is CC1CCC(O)(CNC(=O)NC2CCOC2)CC1. The summed E-state index contributed by atoms with van der Waals surface area (Å²) in [5.74, 6) is 0.690. The van der Waals surface area contributed by atoms with E-state index in [2.05, 4.69) is 17.6 Å². The summed E-state index contributed by atoms with van der Waals surface area (Å²) in [5.41, 5.74) is -0.712. The van der Waals surface area contributed by atoms with Crippen molar-refractivity contribution in [2.24, 2.45) is 5.92 Å². The van der Waals surface area contributed by atoms with Gasteiger partial charge >= 0.3 is 6.03 Å². The number of carbonyl (C=O) groups is 1. The third kappa shape index (κ3) is 3.85. The molecular formula is C13H24N2O3. The first-order valence-electron chi connectivity index (χ1n) is 6.92. The zero-order valence-corrected chi connectivity index (χ0v) is 11.1. The molecule has 2 amide bonds. The number of rotatable bonds is 3. The molecule has 1 saturated heterocycles. The van der Waals surface area contributed by atoms with Crippen molar-refractivity contribution in [3.8, 4) is 0 Å². The van der Waals surface area contributed by atoms with Gasteiger partial charge in [0.2, 0.25) is 0 Å². The monoisotopic (exact) mass is 256 g/mol. The van der Waals surface area contributed by atoms with Crippen LogP contribution in [0.3, 0.4) is 0 Å². The molecule has 1 atom stereocenters. The third-order valence-corrected chi connectivity index (χ3v) is 4.05. The Balaban J connectivity index is 1.68. The number of hydrogen-bond donors (Lipinski definition) is 3. The van der Waals surface area contributed by atoms with Gasteiger partial charge in [-0.3, -0.25) is 0 Å². The summed E-state index contributed by atoms with van der Waals surface area (Å²) in [6.45, 7) is 3.86. The Morgan fingerprint density at radius 2 is 2.11 bits per heavy atom. The van der Waals surface area contributed by atoms with Gasteiger partial charge in [-0.15, -0.1) is 0 Å². The van der Waals surface area contributed by atoms with E-state index < -0.39 is 5.60 Å². The molecule has 1 saturated carbocycles. The summed E-state index contributed by atoms with van der Waals surface area (Å²) in [6.07, 6.45) is 4.50. The van der Waals surface area contributed by atoms with E-state index >= 15 is 0 Å². The molecule has 1 aliphatic carbocycles. The van der Waals surface area contributed by atoms with E-state index in [0.29, 0.717) is 25.7 Å². The molecule has 1 unspecified atom stereocenters. The molecule has 2 fully saturated rings. The first-order valence-corrected chi connectivity index (χ1v) is 6.92. The fourth-order valence-corrected chi connectivity index (χ4v) is 2.61. The second-order valence-corrected chi connectivity index (χ2v) is 5.79. The Kier molecular flexibility index (Phi) is 4.45. The van der Waals surface area contributed by atoms with Crippen molar-refractivity contribution < 1.29 is 14.6 Å². The molecule has 0 aromatic heterocycles. The molecule has 5 heteroatoms. The molecule has 2 aliphatic rings. The second kappa shape index (κ2) is 5.89. The highest BCUT2D eigenvalue weighted by Gasteiger charge is 2.32. The molecule has 18 heavy (non-hydrogen) atoms. The lowest BCUT2D eigenvalue weighted by Crippen LogP contribution is -2.50. The van der Waals surface area contributed by atoms with Crippen LogP contribution in [0.5, 0.6) is 0 Å². The molecule has 5 nitrogen and oxygen atoms in total. The standard InChI is InChI=1S/C13H24N2O3/c1-10-2-5-13(17,6-3-10)9-14-12(16)15-11-4-7-18-8-11/h10-11,17H,2-9H2,1H3,(H2,14,15,16). The predicted molar refractivity (Wildman–Crippen MR) is 68.3 cm³/mol. The van der Waals surface area contributed by atoms with Crippen LogP contribution in [-0.4, -0.2) is 42.5 Å². The maximum absolute atomic E-state index is 11.7. The molecule has 0 radical (unpaired) electrons. The van der Waals surface area contributed by atoms with Gasteiger partial charge < -0.3 is 20.5 Å². The van der Waals surface area contributed by atoms with Crippen molar-refractivity contribution in [1.29, 1.82) is 0 Å². The van der Waals surface area contributed by atoms with Gasteiger partial charge in [0.05, 0.1) is 18.2 Å². The Morgan fingerprint density at radius 3 is 2.72 bits per heavy atom. The minimum absolute atomic E-state index is 0.117. The minimum atomic E-state index is -0.712. The van der Waals surface area contributed by atoms with Crippen LogP contribution in [0.2, 0.25) is 0 Å². The number of nitrogens with one attached hydrogen (secondary N) is 2. The minimum Gasteiger partial charge on any atom is -0.388 e. The summed E-state index contributed by atoms with van der Waals surface area (Å²) in [5, 5.41) is 16.0. The number of aliphatic hydroxyl groups is 1. The number of hydrogen-bond acceptors (Lipinski definition) is 3. The normalized spacial score (nSPS) is 36.3. The lowest BCUT2D eigenvalue weighted by molar-refractivity contribution is -0.00394. The first kappa shape index (κ1) is 13.6. The molecule has 0 aromatic rings. The van der Waals surface area contributed by atoms with Gasteiger partial charge in [0.25, 0.3) is 0 Å². The van der Waals surface area contributed by atoms with E-state index in [1.807, 2.05) is 0 Å². The molecule has 3 N–H and O–H groups in total. The van der Waals surface area contributed by atoms with Gasteiger partial charge in [0, 0.05) is 13.2 Å². The smallest absolute Gasteiger partial charge is 0.315 e. The molecule has 0 spiro atoms. The van der Waals surface area contributed by atoms with Crippen molar-refractivity contribution in [3.05, 3.63) is 0 Å². The van der Waals surface area contributed by atoms with E-state index in [1.165, 1.54) is 0 Å². The summed E-state index contributed by atoms with van der Waals surface area (Å²) in [4.78, 5) is 11.7.